The van der Waals surface area contributed by atoms with E-state index in [9.17, 15) is 4.79 Å². The Kier molecular flexibility index (Phi) is 3.82. The standard InChI is InChI=1S/C22H24N4O2/c1-28-14-21-12-22(21,9-10-24-13-21)16-5-7-17(8-6-16)26-11-15-3-2-4-18(20(23)27)19(15)25-26/h2-8,11,24H,9-10,12-14H2,1H3,(H2,23,27). The minimum absolute atomic E-state index is 0.221. The lowest BCUT2D eigenvalue weighted by Gasteiger charge is -2.31. The van der Waals surface area contributed by atoms with Gasteiger partial charge < -0.3 is 15.8 Å². The van der Waals surface area contributed by atoms with E-state index in [1.807, 2.05) is 23.0 Å². The molecule has 6 heteroatoms. The number of primary amides is 1. The second kappa shape index (κ2) is 6.15. The summed E-state index contributed by atoms with van der Waals surface area (Å²) >= 11 is 0. The number of nitrogens with zero attached hydrogens (tertiary/aromatic N) is 2. The van der Waals surface area contributed by atoms with Crippen molar-refractivity contribution in [3.05, 3.63) is 59.8 Å². The fourth-order valence-corrected chi connectivity index (χ4v) is 5.13. The van der Waals surface area contributed by atoms with E-state index < -0.39 is 5.91 Å². The Hall–Kier alpha value is -2.70. The van der Waals surface area contributed by atoms with E-state index in [2.05, 4.69) is 34.7 Å². The molecule has 28 heavy (non-hydrogen) atoms. The van der Waals surface area contributed by atoms with Gasteiger partial charge in [-0.2, -0.15) is 5.10 Å². The maximum absolute atomic E-state index is 11.7. The van der Waals surface area contributed by atoms with Gasteiger partial charge in [0.1, 0.15) is 5.52 Å². The summed E-state index contributed by atoms with van der Waals surface area (Å²) in [7, 11) is 1.79. The zero-order valence-corrected chi connectivity index (χ0v) is 15.9. The lowest BCUT2D eigenvalue weighted by atomic mass is 9.81. The molecular weight excluding hydrogens is 352 g/mol. The highest BCUT2D eigenvalue weighted by Crippen LogP contribution is 2.67. The van der Waals surface area contributed by atoms with Crippen molar-refractivity contribution in [2.24, 2.45) is 11.1 Å². The van der Waals surface area contributed by atoms with E-state index in [4.69, 9.17) is 10.5 Å². The van der Waals surface area contributed by atoms with Crippen molar-refractivity contribution in [1.82, 2.24) is 15.1 Å². The average Bonchev–Trinajstić information content (AvgIpc) is 3.19. The Morgan fingerprint density at radius 2 is 2.11 bits per heavy atom. The van der Waals surface area contributed by atoms with Crippen LogP contribution in [0.5, 0.6) is 0 Å². The van der Waals surface area contributed by atoms with Gasteiger partial charge in [-0.05, 0) is 43.1 Å². The molecule has 1 aliphatic heterocycles. The van der Waals surface area contributed by atoms with Crippen LogP contribution in [0, 0.1) is 5.41 Å². The summed E-state index contributed by atoms with van der Waals surface area (Å²) in [5, 5.41) is 9.04. The second-order valence-corrected chi connectivity index (χ2v) is 8.13. The number of rotatable bonds is 5. The van der Waals surface area contributed by atoms with Gasteiger partial charge in [-0.1, -0.05) is 24.3 Å². The predicted octanol–water partition coefficient (Wildman–Crippen LogP) is 2.39. The zero-order valence-electron chi connectivity index (χ0n) is 15.9. The predicted molar refractivity (Wildman–Crippen MR) is 108 cm³/mol. The van der Waals surface area contributed by atoms with Gasteiger partial charge >= 0.3 is 0 Å². The van der Waals surface area contributed by atoms with Crippen LogP contribution in [0.3, 0.4) is 0 Å². The van der Waals surface area contributed by atoms with E-state index in [1.165, 1.54) is 12.0 Å². The fourth-order valence-electron chi connectivity index (χ4n) is 5.13. The summed E-state index contributed by atoms with van der Waals surface area (Å²) in [6.45, 7) is 2.86. The van der Waals surface area contributed by atoms with Crippen LogP contribution < -0.4 is 11.1 Å². The number of piperidine rings is 1. The number of carbonyl (C=O) groups excluding carboxylic acids is 1. The number of methoxy groups -OCH3 is 1. The van der Waals surface area contributed by atoms with Crippen LogP contribution in [0.15, 0.2) is 48.7 Å². The highest BCUT2D eigenvalue weighted by molar-refractivity contribution is 6.04. The molecule has 2 heterocycles. The van der Waals surface area contributed by atoms with Crippen molar-refractivity contribution in [2.45, 2.75) is 18.3 Å². The molecule has 6 nitrogen and oxygen atoms in total. The van der Waals surface area contributed by atoms with Crippen LogP contribution in [0.1, 0.15) is 28.8 Å². The Morgan fingerprint density at radius 1 is 1.29 bits per heavy atom. The molecule has 5 rings (SSSR count). The smallest absolute Gasteiger partial charge is 0.250 e. The summed E-state index contributed by atoms with van der Waals surface area (Å²) in [5.41, 5.74) is 9.36. The zero-order chi connectivity index (χ0) is 19.4. The first kappa shape index (κ1) is 17.4. The van der Waals surface area contributed by atoms with Gasteiger partial charge in [0.05, 0.1) is 17.9 Å². The highest BCUT2D eigenvalue weighted by atomic mass is 16.5. The van der Waals surface area contributed by atoms with Gasteiger partial charge in [-0.3, -0.25) is 4.79 Å². The summed E-state index contributed by atoms with van der Waals surface area (Å²) in [6.07, 6.45) is 4.25. The van der Waals surface area contributed by atoms with Gasteiger partial charge in [0.2, 0.25) is 0 Å². The maximum atomic E-state index is 11.7. The summed E-state index contributed by atoms with van der Waals surface area (Å²) in [5.74, 6) is -0.459. The largest absolute Gasteiger partial charge is 0.384 e. The molecule has 0 bridgehead atoms. The molecule has 3 aromatic rings. The molecule has 2 aliphatic rings. The van der Waals surface area contributed by atoms with E-state index in [0.717, 1.165) is 37.2 Å². The van der Waals surface area contributed by atoms with Crippen LogP contribution in [-0.2, 0) is 10.2 Å². The first-order valence-electron chi connectivity index (χ1n) is 9.67. The van der Waals surface area contributed by atoms with E-state index in [0.29, 0.717) is 11.1 Å². The molecule has 1 saturated heterocycles. The third kappa shape index (κ3) is 2.41. The number of fused-ring (bicyclic) bond motifs is 2. The van der Waals surface area contributed by atoms with Gasteiger partial charge in [0.25, 0.3) is 5.91 Å². The quantitative estimate of drug-likeness (QED) is 0.716. The van der Waals surface area contributed by atoms with Crippen molar-refractivity contribution >= 4 is 16.8 Å². The van der Waals surface area contributed by atoms with Crippen molar-refractivity contribution in [3.63, 3.8) is 0 Å². The first-order valence-corrected chi connectivity index (χ1v) is 9.67. The molecule has 3 N–H and O–H groups in total. The summed E-state index contributed by atoms with van der Waals surface area (Å²) in [4.78, 5) is 11.7. The molecule has 2 unspecified atom stereocenters. The normalized spacial score (nSPS) is 26.2. The fraction of sp³-hybridized carbons (Fsp3) is 0.364. The van der Waals surface area contributed by atoms with Crippen LogP contribution >= 0.6 is 0 Å². The van der Waals surface area contributed by atoms with Gasteiger partial charge in [0, 0.05) is 36.1 Å². The Morgan fingerprint density at radius 3 is 2.86 bits per heavy atom. The lowest BCUT2D eigenvalue weighted by molar-refractivity contribution is 0.100. The second-order valence-electron chi connectivity index (χ2n) is 8.13. The topological polar surface area (TPSA) is 82.2 Å². The lowest BCUT2D eigenvalue weighted by Crippen LogP contribution is -2.40. The van der Waals surface area contributed by atoms with Gasteiger partial charge in [0.15, 0.2) is 0 Å². The number of hydrogen-bond acceptors (Lipinski definition) is 4. The summed E-state index contributed by atoms with van der Waals surface area (Å²) in [6, 6.07) is 14.1. The van der Waals surface area contributed by atoms with Crippen LogP contribution in [0.25, 0.3) is 16.6 Å². The number of aromatic nitrogens is 2. The van der Waals surface area contributed by atoms with Crippen molar-refractivity contribution in [2.75, 3.05) is 26.8 Å². The SMILES string of the molecule is COCC12CNCCC1(c1ccc(-n3cc4cccc(C(N)=O)c4n3)cc1)C2. The van der Waals surface area contributed by atoms with E-state index in [-0.39, 0.29) is 10.8 Å². The third-order valence-electron chi connectivity index (χ3n) is 6.63. The summed E-state index contributed by atoms with van der Waals surface area (Å²) < 4.78 is 7.35. The first-order chi connectivity index (χ1) is 13.6. The average molecular weight is 376 g/mol. The molecule has 2 atom stereocenters. The molecule has 2 fully saturated rings. The highest BCUT2D eigenvalue weighted by Gasteiger charge is 2.68. The molecule has 0 spiro atoms. The number of benzene rings is 2. The third-order valence-corrected chi connectivity index (χ3v) is 6.63. The number of nitrogens with one attached hydrogen (secondary N) is 1. The Labute approximate surface area is 163 Å². The number of carbonyl (C=O) groups is 1. The molecule has 1 amide bonds. The number of amides is 1. The number of nitrogens with two attached hydrogens (primary N) is 1. The minimum Gasteiger partial charge on any atom is -0.384 e. The molecule has 144 valence electrons. The maximum Gasteiger partial charge on any atom is 0.250 e. The molecule has 1 aliphatic carbocycles. The van der Waals surface area contributed by atoms with Crippen LogP contribution in [0.4, 0.5) is 0 Å². The number of hydrogen-bond donors (Lipinski definition) is 2. The van der Waals surface area contributed by atoms with Crippen molar-refractivity contribution < 1.29 is 9.53 Å². The Bertz CT molecular complexity index is 1050. The molecule has 2 aromatic carbocycles. The van der Waals surface area contributed by atoms with E-state index >= 15 is 0 Å². The minimum atomic E-state index is -0.459. The molecule has 1 aromatic heterocycles. The van der Waals surface area contributed by atoms with E-state index in [1.54, 1.807) is 13.2 Å². The van der Waals surface area contributed by atoms with Gasteiger partial charge in [-0.25, -0.2) is 4.68 Å². The van der Waals surface area contributed by atoms with Crippen LogP contribution in [0.2, 0.25) is 0 Å². The van der Waals surface area contributed by atoms with Gasteiger partial charge in [-0.15, -0.1) is 0 Å². The monoisotopic (exact) mass is 376 g/mol. The van der Waals surface area contributed by atoms with Crippen molar-refractivity contribution in [3.8, 4) is 5.69 Å². The molecule has 1 saturated carbocycles. The van der Waals surface area contributed by atoms with Crippen LogP contribution in [-0.4, -0.2) is 42.5 Å². The Balaban J connectivity index is 1.49. The van der Waals surface area contributed by atoms with Crippen molar-refractivity contribution in [1.29, 1.82) is 0 Å². The number of ether oxygens (including phenoxy) is 1. The molecular formula is C22H24N4O2. The molecule has 0 radical (unpaired) electrons.